The van der Waals surface area contributed by atoms with Gasteiger partial charge < -0.3 is 10.6 Å². The average Bonchev–Trinajstić information content (AvgIpc) is 3.16. The Morgan fingerprint density at radius 1 is 1.44 bits per heavy atom. The van der Waals surface area contributed by atoms with Gasteiger partial charge in [-0.2, -0.15) is 11.8 Å². The van der Waals surface area contributed by atoms with Gasteiger partial charge >= 0.3 is 0 Å². The summed E-state index contributed by atoms with van der Waals surface area (Å²) in [5, 5.41) is 18.6. The van der Waals surface area contributed by atoms with E-state index in [-0.39, 0.29) is 11.9 Å². The number of nitrogens with zero attached hydrogens (tertiary/aromatic N) is 5. The van der Waals surface area contributed by atoms with Gasteiger partial charge in [-0.05, 0) is 53.0 Å². The van der Waals surface area contributed by atoms with Gasteiger partial charge in [0.25, 0.3) is 0 Å². The second kappa shape index (κ2) is 11.5. The Balaban J connectivity index is 2.21. The summed E-state index contributed by atoms with van der Waals surface area (Å²) >= 11 is 1.81. The monoisotopic (exact) mass is 389 g/mol. The molecule has 2 N–H and O–H groups in total. The number of aryl methyl sites for hydroxylation is 2. The number of thioether (sulfide) groups is 1. The van der Waals surface area contributed by atoms with Crippen molar-refractivity contribution in [1.82, 2.24) is 35.8 Å². The summed E-state index contributed by atoms with van der Waals surface area (Å²) in [5.41, 5.74) is 2.06. The highest BCUT2D eigenvalue weighted by Crippen LogP contribution is 2.22. The Bertz CT molecular complexity index is 734. The molecule has 0 spiro atoms. The Kier molecular flexibility index (Phi) is 8.93. The lowest BCUT2D eigenvalue weighted by atomic mass is 10.0. The van der Waals surface area contributed by atoms with Crippen LogP contribution in [0.2, 0.25) is 0 Å². The van der Waals surface area contributed by atoms with Gasteiger partial charge in [0.2, 0.25) is 5.91 Å². The number of nitrogens with one attached hydrogen (secondary N) is 2. The van der Waals surface area contributed by atoms with Crippen molar-refractivity contribution >= 4 is 17.7 Å². The van der Waals surface area contributed by atoms with Gasteiger partial charge in [0, 0.05) is 31.5 Å². The Labute approximate surface area is 164 Å². The minimum absolute atomic E-state index is 0.189. The molecule has 9 heteroatoms. The molecule has 1 atom stereocenters. The zero-order chi connectivity index (χ0) is 19.5. The van der Waals surface area contributed by atoms with Crippen LogP contribution in [0.3, 0.4) is 0 Å². The number of rotatable bonds is 12. The van der Waals surface area contributed by atoms with Crippen LogP contribution in [0, 0.1) is 0 Å². The number of tetrazole rings is 1. The van der Waals surface area contributed by atoms with E-state index in [2.05, 4.69) is 50.9 Å². The van der Waals surface area contributed by atoms with Crippen LogP contribution in [0.4, 0.5) is 0 Å². The molecule has 0 bridgehead atoms. The minimum Gasteiger partial charge on any atom is -0.351 e. The summed E-state index contributed by atoms with van der Waals surface area (Å²) in [6, 6.07) is 3.77. The van der Waals surface area contributed by atoms with Gasteiger partial charge in [-0.1, -0.05) is 19.6 Å². The van der Waals surface area contributed by atoms with Crippen LogP contribution >= 0.6 is 11.8 Å². The lowest BCUT2D eigenvalue weighted by Crippen LogP contribution is -2.34. The first-order valence-electron chi connectivity index (χ1n) is 9.03. The van der Waals surface area contributed by atoms with E-state index in [9.17, 15) is 4.79 Å². The predicted octanol–water partition coefficient (Wildman–Crippen LogP) is 1.36. The number of hydrogen-bond acceptors (Lipinski definition) is 7. The molecule has 0 aromatic carbocycles. The second-order valence-corrected chi connectivity index (χ2v) is 6.87. The third-order valence-electron chi connectivity index (χ3n) is 4.07. The van der Waals surface area contributed by atoms with Gasteiger partial charge in [-0.25, -0.2) is 4.68 Å². The standard InChI is InChI=1S/C18H27N7OS/c1-4-15-14(8-6-9-19-15)17(21-11-10-20-16(26)5-2)18-22-23-24-25(18)12-7-13-27-3/h5-6,8-9,17,21H,2,4,7,10-13H2,1,3H3,(H,20,26). The minimum atomic E-state index is -0.196. The van der Waals surface area contributed by atoms with Gasteiger partial charge in [0.05, 0.1) is 6.04 Å². The normalized spacial score (nSPS) is 11.9. The molecular weight excluding hydrogens is 362 g/mol. The number of aromatic nitrogens is 5. The smallest absolute Gasteiger partial charge is 0.243 e. The summed E-state index contributed by atoms with van der Waals surface area (Å²) in [5.74, 6) is 1.62. The van der Waals surface area contributed by atoms with Crippen molar-refractivity contribution in [3.63, 3.8) is 0 Å². The molecule has 0 aliphatic heterocycles. The number of pyridine rings is 1. The van der Waals surface area contributed by atoms with Gasteiger partial charge in [-0.3, -0.25) is 9.78 Å². The van der Waals surface area contributed by atoms with E-state index in [4.69, 9.17) is 0 Å². The van der Waals surface area contributed by atoms with Gasteiger partial charge in [0.1, 0.15) is 0 Å². The summed E-state index contributed by atoms with van der Waals surface area (Å²) < 4.78 is 1.85. The molecule has 0 radical (unpaired) electrons. The van der Waals surface area contributed by atoms with Crippen molar-refractivity contribution in [2.75, 3.05) is 25.1 Å². The van der Waals surface area contributed by atoms with Crippen molar-refractivity contribution < 1.29 is 4.79 Å². The molecule has 2 rings (SSSR count). The first kappa shape index (κ1) is 21.0. The first-order chi connectivity index (χ1) is 13.2. The Morgan fingerprint density at radius 2 is 2.30 bits per heavy atom. The van der Waals surface area contributed by atoms with E-state index in [0.29, 0.717) is 13.1 Å². The molecule has 0 fully saturated rings. The van der Waals surface area contributed by atoms with E-state index in [1.807, 2.05) is 16.8 Å². The Morgan fingerprint density at radius 3 is 3.04 bits per heavy atom. The van der Waals surface area contributed by atoms with Crippen LogP contribution in [0.5, 0.6) is 0 Å². The molecule has 1 unspecified atom stereocenters. The summed E-state index contributed by atoms with van der Waals surface area (Å²) in [4.78, 5) is 15.8. The quantitative estimate of drug-likeness (QED) is 0.418. The van der Waals surface area contributed by atoms with Crippen LogP contribution in [-0.4, -0.2) is 56.2 Å². The molecule has 1 amide bonds. The highest BCUT2D eigenvalue weighted by molar-refractivity contribution is 7.98. The summed E-state index contributed by atoms with van der Waals surface area (Å²) in [7, 11) is 0. The van der Waals surface area contributed by atoms with E-state index >= 15 is 0 Å². The fraction of sp³-hybridized carbons (Fsp3) is 0.500. The maximum Gasteiger partial charge on any atom is 0.243 e. The van der Waals surface area contributed by atoms with E-state index in [1.165, 1.54) is 6.08 Å². The maximum absolute atomic E-state index is 11.4. The third kappa shape index (κ3) is 6.14. The number of amides is 1. The molecular formula is C18H27N7OS. The Hall–Kier alpha value is -2.26. The lowest BCUT2D eigenvalue weighted by molar-refractivity contribution is -0.116. The summed E-state index contributed by atoms with van der Waals surface area (Å²) in [6.45, 7) is 7.35. The number of carbonyl (C=O) groups is 1. The molecule has 27 heavy (non-hydrogen) atoms. The van der Waals surface area contributed by atoms with Gasteiger partial charge in [-0.15, -0.1) is 5.10 Å². The van der Waals surface area contributed by atoms with Crippen molar-refractivity contribution in [2.24, 2.45) is 0 Å². The lowest BCUT2D eigenvalue weighted by Gasteiger charge is -2.20. The molecule has 2 aromatic heterocycles. The van der Waals surface area contributed by atoms with Crippen molar-refractivity contribution in [3.8, 4) is 0 Å². The molecule has 2 aromatic rings. The zero-order valence-corrected chi connectivity index (χ0v) is 16.7. The van der Waals surface area contributed by atoms with Crippen molar-refractivity contribution in [2.45, 2.75) is 32.4 Å². The second-order valence-electron chi connectivity index (χ2n) is 5.88. The predicted molar refractivity (Wildman–Crippen MR) is 107 cm³/mol. The van der Waals surface area contributed by atoms with Crippen LogP contribution < -0.4 is 10.6 Å². The van der Waals surface area contributed by atoms with Gasteiger partial charge in [0.15, 0.2) is 5.82 Å². The molecule has 0 aliphatic rings. The zero-order valence-electron chi connectivity index (χ0n) is 15.9. The highest BCUT2D eigenvalue weighted by Gasteiger charge is 2.23. The maximum atomic E-state index is 11.4. The first-order valence-corrected chi connectivity index (χ1v) is 10.4. The fourth-order valence-corrected chi connectivity index (χ4v) is 3.18. The number of hydrogen-bond donors (Lipinski definition) is 2. The van der Waals surface area contributed by atoms with Crippen LogP contribution in [0.15, 0.2) is 31.0 Å². The van der Waals surface area contributed by atoms with Crippen molar-refractivity contribution in [1.29, 1.82) is 0 Å². The molecule has 146 valence electrons. The summed E-state index contributed by atoms with van der Waals surface area (Å²) in [6.07, 6.45) is 6.96. The molecule has 0 saturated carbocycles. The largest absolute Gasteiger partial charge is 0.351 e. The SMILES string of the molecule is C=CC(=O)NCCNC(c1cccnc1CC)c1nnnn1CCCSC. The topological polar surface area (TPSA) is 97.6 Å². The van der Waals surface area contributed by atoms with Crippen LogP contribution in [0.1, 0.15) is 36.5 Å². The van der Waals surface area contributed by atoms with Crippen LogP contribution in [0.25, 0.3) is 0 Å². The molecule has 0 aliphatic carbocycles. The number of carbonyl (C=O) groups excluding carboxylic acids is 1. The van der Waals surface area contributed by atoms with E-state index in [1.54, 1.807) is 18.0 Å². The molecule has 8 nitrogen and oxygen atoms in total. The van der Waals surface area contributed by atoms with Crippen molar-refractivity contribution in [3.05, 3.63) is 48.1 Å². The van der Waals surface area contributed by atoms with Crippen LogP contribution in [-0.2, 0) is 17.8 Å². The van der Waals surface area contributed by atoms with E-state index in [0.717, 1.165) is 42.2 Å². The third-order valence-corrected chi connectivity index (χ3v) is 4.76. The average molecular weight is 390 g/mol. The molecule has 0 saturated heterocycles. The van der Waals surface area contributed by atoms with E-state index < -0.39 is 0 Å². The molecule has 2 heterocycles. The highest BCUT2D eigenvalue weighted by atomic mass is 32.2. The fourth-order valence-electron chi connectivity index (χ4n) is 2.76.